The highest BCUT2D eigenvalue weighted by Gasteiger charge is 2.45. The zero-order valence-electron chi connectivity index (χ0n) is 6.06. The zero-order valence-corrected chi connectivity index (χ0v) is 6.06. The van der Waals surface area contributed by atoms with Gasteiger partial charge in [0.2, 0.25) is 5.91 Å². The molecule has 0 spiro atoms. The van der Waals surface area contributed by atoms with E-state index in [0.29, 0.717) is 0 Å². The number of hydrogen-bond donors (Lipinski definition) is 2. The smallest absolute Gasteiger partial charge is 0.383 e. The second-order valence-corrected chi connectivity index (χ2v) is 2.75. The van der Waals surface area contributed by atoms with Gasteiger partial charge in [0.1, 0.15) is 0 Å². The summed E-state index contributed by atoms with van der Waals surface area (Å²) in [4.78, 5) is 10.5. The molecule has 0 aromatic rings. The van der Waals surface area contributed by atoms with Crippen LogP contribution in [-0.2, 0) is 4.79 Å². The number of alkyl halides is 3. The van der Waals surface area contributed by atoms with E-state index in [1.54, 1.807) is 0 Å². The number of halogens is 3. The molecule has 1 fully saturated rings. The summed E-state index contributed by atoms with van der Waals surface area (Å²) in [6.07, 6.45) is -7.27. The zero-order chi connectivity index (χ0) is 9.35. The van der Waals surface area contributed by atoms with Gasteiger partial charge in [-0.15, -0.1) is 0 Å². The SMILES string of the molecule is O=C1CC(C(O)C(F)(F)F)CN1. The number of aliphatic hydroxyl groups excluding tert-OH is 1. The van der Waals surface area contributed by atoms with Crippen molar-refractivity contribution in [2.45, 2.75) is 18.7 Å². The first kappa shape index (κ1) is 9.31. The van der Waals surface area contributed by atoms with E-state index >= 15 is 0 Å². The molecule has 3 nitrogen and oxygen atoms in total. The minimum atomic E-state index is -4.63. The van der Waals surface area contributed by atoms with Crippen LogP contribution in [-0.4, -0.2) is 29.8 Å². The minimum absolute atomic E-state index is 0.0977. The summed E-state index contributed by atoms with van der Waals surface area (Å²) in [6.45, 7) is -0.0977. The number of hydrogen-bond acceptors (Lipinski definition) is 2. The first-order valence-corrected chi connectivity index (χ1v) is 3.42. The molecule has 0 aromatic carbocycles. The van der Waals surface area contributed by atoms with Gasteiger partial charge in [-0.05, 0) is 0 Å². The molecule has 2 N–H and O–H groups in total. The fourth-order valence-corrected chi connectivity index (χ4v) is 1.12. The van der Waals surface area contributed by atoms with Crippen molar-refractivity contribution in [3.05, 3.63) is 0 Å². The molecule has 1 aliphatic rings. The normalized spacial score (nSPS) is 27.0. The van der Waals surface area contributed by atoms with Crippen LogP contribution in [0.3, 0.4) is 0 Å². The fraction of sp³-hybridized carbons (Fsp3) is 0.833. The first-order valence-electron chi connectivity index (χ1n) is 3.42. The Morgan fingerprint density at radius 1 is 1.58 bits per heavy atom. The van der Waals surface area contributed by atoms with Crippen LogP contribution in [0.15, 0.2) is 0 Å². The second-order valence-electron chi connectivity index (χ2n) is 2.75. The van der Waals surface area contributed by atoms with E-state index in [0.717, 1.165) is 0 Å². The number of carbonyl (C=O) groups excluding carboxylic acids is 1. The predicted molar refractivity (Wildman–Crippen MR) is 33.2 cm³/mol. The molecule has 1 saturated heterocycles. The minimum Gasteiger partial charge on any atom is -0.383 e. The van der Waals surface area contributed by atoms with Crippen molar-refractivity contribution in [1.29, 1.82) is 0 Å². The average molecular weight is 183 g/mol. The van der Waals surface area contributed by atoms with Crippen LogP contribution in [0.5, 0.6) is 0 Å². The van der Waals surface area contributed by atoms with Gasteiger partial charge < -0.3 is 10.4 Å². The van der Waals surface area contributed by atoms with Gasteiger partial charge in [0.15, 0.2) is 6.10 Å². The quantitative estimate of drug-likeness (QED) is 0.603. The largest absolute Gasteiger partial charge is 0.414 e. The van der Waals surface area contributed by atoms with Crippen LogP contribution in [0.4, 0.5) is 13.2 Å². The van der Waals surface area contributed by atoms with Gasteiger partial charge in [0.05, 0.1) is 0 Å². The van der Waals surface area contributed by atoms with Crippen molar-refractivity contribution in [2.24, 2.45) is 5.92 Å². The number of aliphatic hydroxyl groups is 1. The van der Waals surface area contributed by atoms with E-state index in [4.69, 9.17) is 5.11 Å². The molecular weight excluding hydrogens is 175 g/mol. The molecule has 1 rings (SSSR count). The van der Waals surface area contributed by atoms with Gasteiger partial charge in [-0.3, -0.25) is 4.79 Å². The van der Waals surface area contributed by atoms with E-state index in [1.807, 2.05) is 0 Å². The third kappa shape index (κ3) is 1.88. The highest BCUT2D eigenvalue weighted by Crippen LogP contribution is 2.28. The Morgan fingerprint density at radius 3 is 2.50 bits per heavy atom. The van der Waals surface area contributed by atoms with Gasteiger partial charge >= 0.3 is 6.18 Å². The van der Waals surface area contributed by atoms with E-state index in [-0.39, 0.29) is 13.0 Å². The van der Waals surface area contributed by atoms with Gasteiger partial charge in [0.25, 0.3) is 0 Å². The summed E-state index contributed by atoms with van der Waals surface area (Å²) in [6, 6.07) is 0. The summed E-state index contributed by atoms with van der Waals surface area (Å²) >= 11 is 0. The molecule has 0 radical (unpaired) electrons. The fourth-order valence-electron chi connectivity index (χ4n) is 1.12. The summed E-state index contributed by atoms with van der Waals surface area (Å²) in [5.74, 6) is -1.47. The second kappa shape index (κ2) is 2.93. The maximum absolute atomic E-state index is 11.8. The van der Waals surface area contributed by atoms with Gasteiger partial charge in [-0.2, -0.15) is 13.2 Å². The van der Waals surface area contributed by atoms with Crippen LogP contribution in [0, 0.1) is 5.92 Å². The number of rotatable bonds is 1. The monoisotopic (exact) mass is 183 g/mol. The molecule has 2 unspecified atom stereocenters. The topological polar surface area (TPSA) is 49.3 Å². The van der Waals surface area contributed by atoms with Crippen molar-refractivity contribution >= 4 is 5.91 Å². The van der Waals surface area contributed by atoms with Crippen molar-refractivity contribution in [1.82, 2.24) is 5.32 Å². The number of nitrogens with one attached hydrogen (secondary N) is 1. The Bertz CT molecular complexity index is 192. The molecular formula is C6H8F3NO2. The third-order valence-corrected chi connectivity index (χ3v) is 1.79. The first-order chi connectivity index (χ1) is 5.41. The summed E-state index contributed by atoms with van der Waals surface area (Å²) in [7, 11) is 0. The molecule has 0 saturated carbocycles. The van der Waals surface area contributed by atoms with Gasteiger partial charge in [-0.25, -0.2) is 0 Å². The van der Waals surface area contributed by atoms with Crippen molar-refractivity contribution in [2.75, 3.05) is 6.54 Å². The van der Waals surface area contributed by atoms with E-state index < -0.39 is 24.1 Å². The molecule has 2 atom stereocenters. The molecule has 1 amide bonds. The third-order valence-electron chi connectivity index (χ3n) is 1.79. The molecule has 0 bridgehead atoms. The Labute approximate surface area is 66.6 Å². The van der Waals surface area contributed by atoms with E-state index in [9.17, 15) is 18.0 Å². The lowest BCUT2D eigenvalue weighted by Crippen LogP contribution is -2.36. The van der Waals surface area contributed by atoms with Gasteiger partial charge in [-0.1, -0.05) is 0 Å². The lowest BCUT2D eigenvalue weighted by atomic mass is 10.0. The number of carbonyl (C=O) groups is 1. The standard InChI is InChI=1S/C6H8F3NO2/c7-6(8,9)5(12)3-1-4(11)10-2-3/h3,5,12H,1-2H2,(H,10,11). The molecule has 0 aromatic heterocycles. The van der Waals surface area contributed by atoms with Crippen molar-refractivity contribution in [3.8, 4) is 0 Å². The van der Waals surface area contributed by atoms with Gasteiger partial charge in [0, 0.05) is 18.9 Å². The summed E-state index contributed by atoms with van der Waals surface area (Å²) < 4.78 is 35.5. The van der Waals surface area contributed by atoms with E-state index in [1.165, 1.54) is 0 Å². The predicted octanol–water partition coefficient (Wildman–Crippen LogP) is 0.0457. The van der Waals surface area contributed by atoms with Crippen molar-refractivity contribution < 1.29 is 23.1 Å². The van der Waals surface area contributed by atoms with Crippen LogP contribution in [0.1, 0.15) is 6.42 Å². The molecule has 12 heavy (non-hydrogen) atoms. The van der Waals surface area contributed by atoms with E-state index in [2.05, 4.69) is 5.32 Å². The highest BCUT2D eigenvalue weighted by atomic mass is 19.4. The molecule has 6 heteroatoms. The van der Waals surface area contributed by atoms with Crippen LogP contribution >= 0.6 is 0 Å². The highest BCUT2D eigenvalue weighted by molar-refractivity contribution is 5.78. The maximum atomic E-state index is 11.8. The summed E-state index contributed by atoms with van der Waals surface area (Å²) in [5.41, 5.74) is 0. The van der Waals surface area contributed by atoms with Crippen LogP contribution < -0.4 is 5.32 Å². The Hall–Kier alpha value is -0.780. The van der Waals surface area contributed by atoms with Crippen LogP contribution in [0.25, 0.3) is 0 Å². The lowest BCUT2D eigenvalue weighted by Gasteiger charge is -2.18. The molecule has 1 heterocycles. The average Bonchev–Trinajstić information content (AvgIpc) is 2.32. The lowest BCUT2D eigenvalue weighted by molar-refractivity contribution is -0.217. The Balaban J connectivity index is 2.54. The molecule has 1 aliphatic heterocycles. The Kier molecular flexibility index (Phi) is 2.27. The summed E-state index contributed by atoms with van der Waals surface area (Å²) in [5, 5.41) is 10.9. The molecule has 70 valence electrons. The van der Waals surface area contributed by atoms with Crippen molar-refractivity contribution in [3.63, 3.8) is 0 Å². The molecule has 0 aliphatic carbocycles. The maximum Gasteiger partial charge on any atom is 0.414 e. The number of amides is 1. The Morgan fingerprint density at radius 2 is 2.17 bits per heavy atom. The van der Waals surface area contributed by atoms with Crippen LogP contribution in [0.2, 0.25) is 0 Å².